The molecule has 0 bridgehead atoms. The van der Waals surface area contributed by atoms with Crippen LogP contribution in [0.5, 0.6) is 0 Å². The van der Waals surface area contributed by atoms with Crippen molar-refractivity contribution in [3.05, 3.63) is 77.9 Å². The largest absolute Gasteiger partial charge is 0.444 e. The lowest BCUT2D eigenvalue weighted by Gasteiger charge is -2.18. The molecule has 0 saturated carbocycles. The lowest BCUT2D eigenvalue weighted by Crippen LogP contribution is -2.39. The minimum absolute atomic E-state index is 0.226. The minimum Gasteiger partial charge on any atom is -0.444 e. The fourth-order valence-electron chi connectivity index (χ4n) is 2.70. The molecular formula is C21H23FN4O2. The van der Waals surface area contributed by atoms with E-state index < -0.39 is 0 Å². The molecule has 2 aromatic carbocycles. The second-order valence-corrected chi connectivity index (χ2v) is 6.09. The van der Waals surface area contributed by atoms with Crippen molar-refractivity contribution in [2.75, 3.05) is 20.7 Å². The summed E-state index contributed by atoms with van der Waals surface area (Å²) in [5, 5.41) is 6.40. The van der Waals surface area contributed by atoms with E-state index in [-0.39, 0.29) is 11.9 Å². The monoisotopic (exact) mass is 382 g/mol. The number of nitrogens with one attached hydrogen (secondary N) is 2. The fraction of sp³-hybridized carbons (Fsp3) is 0.238. The average Bonchev–Trinajstić information content (AvgIpc) is 3.21. The van der Waals surface area contributed by atoms with E-state index in [1.165, 1.54) is 12.1 Å². The number of halogens is 1. The molecule has 6 nitrogen and oxygen atoms in total. The van der Waals surface area contributed by atoms with Crippen molar-refractivity contribution < 1.29 is 13.5 Å². The van der Waals surface area contributed by atoms with E-state index in [0.29, 0.717) is 24.9 Å². The zero-order chi connectivity index (χ0) is 19.8. The maximum absolute atomic E-state index is 13.1. The van der Waals surface area contributed by atoms with Crippen LogP contribution >= 0.6 is 0 Å². The molecule has 3 aromatic rings. The standard InChI is InChI=1S/C21H23FN4O2/c1-23-21(25-13-19(27-2)15-8-10-17(22)11-9-15)24-12-18-14-28-20(26-18)16-6-4-3-5-7-16/h3-11,14,19H,12-13H2,1-2H3,(H2,23,24,25). The van der Waals surface area contributed by atoms with Crippen molar-refractivity contribution in [2.45, 2.75) is 12.6 Å². The van der Waals surface area contributed by atoms with E-state index in [4.69, 9.17) is 9.15 Å². The van der Waals surface area contributed by atoms with Gasteiger partial charge in [0.1, 0.15) is 12.1 Å². The molecule has 0 aliphatic carbocycles. The van der Waals surface area contributed by atoms with Crippen molar-refractivity contribution in [2.24, 2.45) is 4.99 Å². The van der Waals surface area contributed by atoms with Gasteiger partial charge in [0.2, 0.25) is 5.89 Å². The number of oxazole rings is 1. The van der Waals surface area contributed by atoms with Gasteiger partial charge in [-0.05, 0) is 29.8 Å². The fourth-order valence-corrected chi connectivity index (χ4v) is 2.70. The first-order valence-electron chi connectivity index (χ1n) is 8.92. The summed E-state index contributed by atoms with van der Waals surface area (Å²) in [6, 6.07) is 16.0. The molecule has 1 aromatic heterocycles. The van der Waals surface area contributed by atoms with Crippen molar-refractivity contribution in [1.82, 2.24) is 15.6 Å². The summed E-state index contributed by atoms with van der Waals surface area (Å²) in [5.74, 6) is 0.913. The first kappa shape index (κ1) is 19.6. The topological polar surface area (TPSA) is 71.7 Å². The summed E-state index contributed by atoms with van der Waals surface area (Å²) in [6.45, 7) is 0.945. The van der Waals surface area contributed by atoms with Gasteiger partial charge in [-0.15, -0.1) is 0 Å². The van der Waals surface area contributed by atoms with Gasteiger partial charge in [0, 0.05) is 26.3 Å². The highest BCUT2D eigenvalue weighted by molar-refractivity contribution is 5.79. The Hall–Kier alpha value is -3.19. The van der Waals surface area contributed by atoms with Crippen LogP contribution in [0.25, 0.3) is 11.5 Å². The Morgan fingerprint density at radius 2 is 1.89 bits per heavy atom. The highest BCUT2D eigenvalue weighted by atomic mass is 19.1. The van der Waals surface area contributed by atoms with Crippen molar-refractivity contribution in [3.8, 4) is 11.5 Å². The third-order valence-electron chi connectivity index (χ3n) is 4.21. The summed E-state index contributed by atoms with van der Waals surface area (Å²) < 4.78 is 24.1. The molecule has 1 heterocycles. The van der Waals surface area contributed by atoms with Crippen LogP contribution in [0.15, 0.2) is 70.3 Å². The third kappa shape index (κ3) is 5.17. The maximum atomic E-state index is 13.1. The molecule has 28 heavy (non-hydrogen) atoms. The van der Waals surface area contributed by atoms with Crippen LogP contribution in [-0.2, 0) is 11.3 Å². The number of methoxy groups -OCH3 is 1. The molecule has 7 heteroatoms. The Labute approximate surface area is 163 Å². The number of benzene rings is 2. The first-order valence-corrected chi connectivity index (χ1v) is 8.92. The number of ether oxygens (including phenoxy) is 1. The Balaban J connectivity index is 1.53. The zero-order valence-corrected chi connectivity index (χ0v) is 15.9. The van der Waals surface area contributed by atoms with E-state index in [1.54, 1.807) is 32.6 Å². The minimum atomic E-state index is -0.272. The van der Waals surface area contributed by atoms with Gasteiger partial charge in [-0.1, -0.05) is 30.3 Å². The van der Waals surface area contributed by atoms with Crippen LogP contribution in [0.4, 0.5) is 4.39 Å². The summed E-state index contributed by atoms with van der Waals surface area (Å²) in [6.07, 6.45) is 1.40. The zero-order valence-electron chi connectivity index (χ0n) is 15.9. The Kier molecular flexibility index (Phi) is 6.75. The van der Waals surface area contributed by atoms with Crippen LogP contribution in [-0.4, -0.2) is 31.6 Å². The summed E-state index contributed by atoms with van der Waals surface area (Å²) in [4.78, 5) is 8.68. The number of nitrogens with zero attached hydrogens (tertiary/aromatic N) is 2. The van der Waals surface area contributed by atoms with Gasteiger partial charge >= 0.3 is 0 Å². The van der Waals surface area contributed by atoms with E-state index in [9.17, 15) is 4.39 Å². The van der Waals surface area contributed by atoms with Crippen LogP contribution in [0.3, 0.4) is 0 Å². The SMILES string of the molecule is CN=C(NCc1coc(-c2ccccc2)n1)NCC(OC)c1ccc(F)cc1. The smallest absolute Gasteiger partial charge is 0.226 e. The molecule has 1 atom stereocenters. The van der Waals surface area contributed by atoms with Crippen LogP contribution in [0, 0.1) is 5.82 Å². The highest BCUT2D eigenvalue weighted by Gasteiger charge is 2.12. The number of rotatable bonds is 7. The normalized spacial score (nSPS) is 12.6. The summed E-state index contributed by atoms with van der Waals surface area (Å²) >= 11 is 0. The van der Waals surface area contributed by atoms with Crippen LogP contribution < -0.4 is 10.6 Å². The number of aliphatic imine (C=N–C) groups is 1. The molecule has 3 rings (SSSR count). The molecule has 0 saturated heterocycles. The molecular weight excluding hydrogens is 359 g/mol. The Bertz CT molecular complexity index is 894. The van der Waals surface area contributed by atoms with Gasteiger partial charge in [0.25, 0.3) is 0 Å². The van der Waals surface area contributed by atoms with Gasteiger partial charge in [-0.2, -0.15) is 0 Å². The molecule has 0 aliphatic rings. The summed E-state index contributed by atoms with van der Waals surface area (Å²) in [7, 11) is 3.31. The average molecular weight is 382 g/mol. The molecule has 0 radical (unpaired) electrons. The van der Waals surface area contributed by atoms with Crippen molar-refractivity contribution >= 4 is 5.96 Å². The molecule has 0 aliphatic heterocycles. The molecule has 0 spiro atoms. The van der Waals surface area contributed by atoms with E-state index in [1.807, 2.05) is 30.3 Å². The number of hydrogen-bond donors (Lipinski definition) is 2. The van der Waals surface area contributed by atoms with Crippen LogP contribution in [0.1, 0.15) is 17.4 Å². The van der Waals surface area contributed by atoms with E-state index in [0.717, 1.165) is 16.8 Å². The van der Waals surface area contributed by atoms with Crippen LogP contribution in [0.2, 0.25) is 0 Å². The second kappa shape index (κ2) is 9.66. The van der Waals surface area contributed by atoms with E-state index >= 15 is 0 Å². The molecule has 2 N–H and O–H groups in total. The van der Waals surface area contributed by atoms with Crippen molar-refractivity contribution in [1.29, 1.82) is 0 Å². The van der Waals surface area contributed by atoms with Crippen molar-refractivity contribution in [3.63, 3.8) is 0 Å². The number of hydrogen-bond acceptors (Lipinski definition) is 4. The quantitative estimate of drug-likeness (QED) is 0.483. The Morgan fingerprint density at radius 1 is 1.14 bits per heavy atom. The molecule has 0 amide bonds. The summed E-state index contributed by atoms with van der Waals surface area (Å²) in [5.41, 5.74) is 2.58. The highest BCUT2D eigenvalue weighted by Crippen LogP contribution is 2.18. The number of aromatic nitrogens is 1. The third-order valence-corrected chi connectivity index (χ3v) is 4.21. The molecule has 1 unspecified atom stereocenters. The molecule has 146 valence electrons. The van der Waals surface area contributed by atoms with Gasteiger partial charge in [0.05, 0.1) is 18.3 Å². The maximum Gasteiger partial charge on any atom is 0.226 e. The van der Waals surface area contributed by atoms with Gasteiger partial charge in [-0.25, -0.2) is 9.37 Å². The van der Waals surface area contributed by atoms with Gasteiger partial charge < -0.3 is 19.8 Å². The van der Waals surface area contributed by atoms with E-state index in [2.05, 4.69) is 20.6 Å². The first-order chi connectivity index (χ1) is 13.7. The lowest BCUT2D eigenvalue weighted by molar-refractivity contribution is 0.106. The molecule has 0 fully saturated rings. The predicted molar refractivity (Wildman–Crippen MR) is 106 cm³/mol. The Morgan fingerprint density at radius 3 is 2.57 bits per heavy atom. The van der Waals surface area contributed by atoms with Gasteiger partial charge in [-0.3, -0.25) is 4.99 Å². The predicted octanol–water partition coefficient (Wildman–Crippen LogP) is 3.53. The second-order valence-electron chi connectivity index (χ2n) is 6.09. The van der Waals surface area contributed by atoms with Gasteiger partial charge in [0.15, 0.2) is 5.96 Å². The number of guanidine groups is 1. The lowest BCUT2D eigenvalue weighted by atomic mass is 10.1.